The van der Waals surface area contributed by atoms with Gasteiger partial charge in [-0.05, 0) is 43.0 Å². The average Bonchev–Trinajstić information content (AvgIpc) is 2.79. The number of piperazine rings is 1. The molecule has 2 amide bonds. The third-order valence-corrected chi connectivity index (χ3v) is 8.85. The number of carbonyl (C=O) groups is 2. The van der Waals surface area contributed by atoms with E-state index in [1.165, 1.54) is 0 Å². The Morgan fingerprint density at radius 1 is 1.00 bits per heavy atom. The first-order valence-corrected chi connectivity index (χ1v) is 12.5. The summed E-state index contributed by atoms with van der Waals surface area (Å²) in [6.07, 6.45) is 1.41. The van der Waals surface area contributed by atoms with E-state index in [0.29, 0.717) is 25.1 Å². The number of rotatable bonds is 4. The van der Waals surface area contributed by atoms with Crippen LogP contribution < -0.4 is 0 Å². The third kappa shape index (κ3) is 4.42. The molecule has 0 bridgehead atoms. The predicted octanol–water partition coefficient (Wildman–Crippen LogP) is 2.66. The summed E-state index contributed by atoms with van der Waals surface area (Å²) < 4.78 is 28.4. The molecule has 2 aliphatic heterocycles. The van der Waals surface area contributed by atoms with Gasteiger partial charge in [0.05, 0.1) is 0 Å². The third-order valence-electron chi connectivity index (χ3n) is 6.48. The van der Waals surface area contributed by atoms with Crippen molar-refractivity contribution in [3.63, 3.8) is 0 Å². The van der Waals surface area contributed by atoms with E-state index in [9.17, 15) is 18.0 Å². The van der Waals surface area contributed by atoms with Crippen LogP contribution >= 0.6 is 0 Å². The van der Waals surface area contributed by atoms with Crippen molar-refractivity contribution in [2.24, 2.45) is 0 Å². The highest BCUT2D eigenvalue weighted by molar-refractivity contribution is 7.89. The highest BCUT2D eigenvalue weighted by Gasteiger charge is 2.40. The maximum Gasteiger partial charge on any atom is 0.254 e. The summed E-state index contributed by atoms with van der Waals surface area (Å²) in [5, 5.41) is -0.532. The van der Waals surface area contributed by atoms with Crippen molar-refractivity contribution in [2.75, 3.05) is 26.7 Å². The van der Waals surface area contributed by atoms with Crippen molar-refractivity contribution < 1.29 is 18.0 Å². The van der Waals surface area contributed by atoms with Crippen molar-refractivity contribution >= 4 is 21.8 Å². The number of nitrogens with zero attached hydrogens (tertiary/aromatic N) is 3. The molecule has 170 valence electrons. The number of hydrogen-bond donors (Lipinski definition) is 0. The molecule has 0 saturated carbocycles. The van der Waals surface area contributed by atoms with Crippen LogP contribution in [-0.2, 0) is 21.4 Å². The van der Waals surface area contributed by atoms with Gasteiger partial charge in [0.25, 0.3) is 5.91 Å². The summed E-state index contributed by atoms with van der Waals surface area (Å²) in [7, 11) is -1.77. The van der Waals surface area contributed by atoms with Gasteiger partial charge in [-0.25, -0.2) is 8.42 Å². The second-order valence-corrected chi connectivity index (χ2v) is 10.7. The quantitative estimate of drug-likeness (QED) is 0.710. The van der Waals surface area contributed by atoms with E-state index in [0.717, 1.165) is 17.5 Å². The second kappa shape index (κ2) is 9.03. The molecule has 2 saturated heterocycles. The van der Waals surface area contributed by atoms with Crippen molar-refractivity contribution in [1.29, 1.82) is 0 Å². The fourth-order valence-electron chi connectivity index (χ4n) is 4.40. The van der Waals surface area contributed by atoms with E-state index < -0.39 is 15.3 Å². The van der Waals surface area contributed by atoms with Crippen LogP contribution in [0.2, 0.25) is 0 Å². The van der Waals surface area contributed by atoms with Gasteiger partial charge in [-0.15, -0.1) is 0 Å². The molecule has 2 aromatic carbocycles. The topological polar surface area (TPSA) is 78.0 Å². The minimum absolute atomic E-state index is 0.0708. The van der Waals surface area contributed by atoms with E-state index in [2.05, 4.69) is 0 Å². The van der Waals surface area contributed by atoms with E-state index in [-0.39, 0.29) is 30.9 Å². The molecule has 8 heteroatoms. The van der Waals surface area contributed by atoms with E-state index >= 15 is 0 Å². The highest BCUT2D eigenvalue weighted by atomic mass is 32.2. The summed E-state index contributed by atoms with van der Waals surface area (Å²) in [4.78, 5) is 27.8. The normalized spacial score (nSPS) is 23.9. The van der Waals surface area contributed by atoms with Crippen molar-refractivity contribution in [3.05, 3.63) is 71.3 Å². The molecule has 32 heavy (non-hydrogen) atoms. The summed E-state index contributed by atoms with van der Waals surface area (Å²) in [6.45, 7) is 3.33. The SMILES string of the molecule is C[C@H]1CCC(c2ccccc2)S(=O)(=O)N1Cc1ccc(C(=O)N2CCN(C)C(=O)C2)cc1. The van der Waals surface area contributed by atoms with Crippen molar-refractivity contribution in [2.45, 2.75) is 37.6 Å². The lowest BCUT2D eigenvalue weighted by Gasteiger charge is -2.37. The number of sulfonamides is 1. The Hall–Kier alpha value is -2.71. The number of benzene rings is 2. The Labute approximate surface area is 189 Å². The van der Waals surface area contributed by atoms with Gasteiger partial charge in [0.15, 0.2) is 0 Å². The summed E-state index contributed by atoms with van der Waals surface area (Å²) >= 11 is 0. The lowest BCUT2D eigenvalue weighted by molar-refractivity contribution is -0.133. The lowest BCUT2D eigenvalue weighted by atomic mass is 10.0. The molecule has 1 unspecified atom stereocenters. The summed E-state index contributed by atoms with van der Waals surface area (Å²) in [5.74, 6) is -0.250. The molecule has 2 heterocycles. The van der Waals surface area contributed by atoms with Crippen LogP contribution in [0.5, 0.6) is 0 Å². The van der Waals surface area contributed by atoms with Crippen LogP contribution in [0.3, 0.4) is 0 Å². The van der Waals surface area contributed by atoms with E-state index in [1.807, 2.05) is 37.3 Å². The first-order valence-electron chi connectivity index (χ1n) is 10.9. The standard InChI is InChI=1S/C24H29N3O4S/c1-18-8-13-22(20-6-4-3-5-7-20)32(30,31)27(18)16-19-9-11-21(12-10-19)24(29)26-15-14-25(2)23(28)17-26/h3-7,9-12,18,22H,8,13-17H2,1-2H3/t18-,22?/m0/s1. The van der Waals surface area contributed by atoms with E-state index in [1.54, 1.807) is 45.4 Å². The molecule has 2 aromatic rings. The molecule has 2 fully saturated rings. The Morgan fingerprint density at radius 2 is 1.69 bits per heavy atom. The van der Waals surface area contributed by atoms with E-state index in [4.69, 9.17) is 0 Å². The fraction of sp³-hybridized carbons (Fsp3) is 0.417. The molecule has 7 nitrogen and oxygen atoms in total. The monoisotopic (exact) mass is 455 g/mol. The zero-order valence-electron chi connectivity index (χ0n) is 18.5. The molecule has 0 N–H and O–H groups in total. The van der Waals surface area contributed by atoms with Crippen LogP contribution in [0.15, 0.2) is 54.6 Å². The Bertz CT molecular complexity index is 1090. The van der Waals surface area contributed by atoms with Gasteiger partial charge >= 0.3 is 0 Å². The molecule has 0 aromatic heterocycles. The van der Waals surface area contributed by atoms with Crippen LogP contribution in [0.1, 0.15) is 46.5 Å². The minimum Gasteiger partial charge on any atom is -0.342 e. The first-order chi connectivity index (χ1) is 15.3. The second-order valence-electron chi connectivity index (χ2n) is 8.65. The predicted molar refractivity (Wildman–Crippen MR) is 122 cm³/mol. The van der Waals surface area contributed by atoms with Gasteiger partial charge in [0.1, 0.15) is 11.8 Å². The van der Waals surface area contributed by atoms with Crippen LogP contribution in [0.4, 0.5) is 0 Å². The maximum absolute atomic E-state index is 13.4. The first kappa shape index (κ1) is 22.5. The molecule has 0 aliphatic carbocycles. The largest absolute Gasteiger partial charge is 0.342 e. The van der Waals surface area contributed by atoms with Gasteiger partial charge in [0.2, 0.25) is 15.9 Å². The van der Waals surface area contributed by atoms with Crippen molar-refractivity contribution in [3.8, 4) is 0 Å². The summed E-state index contributed by atoms with van der Waals surface area (Å²) in [5.41, 5.74) is 2.16. The zero-order chi connectivity index (χ0) is 22.9. The van der Waals surface area contributed by atoms with Crippen LogP contribution in [-0.4, -0.2) is 67.1 Å². The summed E-state index contributed by atoms with van der Waals surface area (Å²) in [6, 6.07) is 16.3. The van der Waals surface area contributed by atoms with Crippen LogP contribution in [0.25, 0.3) is 0 Å². The molecular weight excluding hydrogens is 426 g/mol. The van der Waals surface area contributed by atoms with Gasteiger partial charge in [-0.2, -0.15) is 4.31 Å². The van der Waals surface area contributed by atoms with Crippen LogP contribution in [0, 0.1) is 0 Å². The number of likely N-dealkylation sites (N-methyl/N-ethyl adjacent to an activating group) is 1. The van der Waals surface area contributed by atoms with Gasteiger partial charge in [0, 0.05) is 38.3 Å². The molecule has 2 aliphatic rings. The minimum atomic E-state index is -3.50. The molecule has 4 rings (SSSR count). The fourth-order valence-corrected chi connectivity index (χ4v) is 6.60. The van der Waals surface area contributed by atoms with Gasteiger partial charge < -0.3 is 9.80 Å². The lowest BCUT2D eigenvalue weighted by Crippen LogP contribution is -2.50. The number of hydrogen-bond acceptors (Lipinski definition) is 4. The average molecular weight is 456 g/mol. The van der Waals surface area contributed by atoms with Gasteiger partial charge in [-0.1, -0.05) is 42.5 Å². The molecule has 0 spiro atoms. The molecular formula is C24H29N3O4S. The zero-order valence-corrected chi connectivity index (χ0v) is 19.3. The Balaban J connectivity index is 1.48. The molecule has 2 atom stereocenters. The maximum atomic E-state index is 13.4. The highest BCUT2D eigenvalue weighted by Crippen LogP contribution is 2.38. The molecule has 0 radical (unpaired) electrons. The number of amides is 2. The Morgan fingerprint density at radius 3 is 2.34 bits per heavy atom. The van der Waals surface area contributed by atoms with Crippen molar-refractivity contribution in [1.82, 2.24) is 14.1 Å². The number of carbonyl (C=O) groups excluding carboxylic acids is 2. The van der Waals surface area contributed by atoms with Gasteiger partial charge in [-0.3, -0.25) is 9.59 Å². The Kier molecular flexibility index (Phi) is 6.35. The smallest absolute Gasteiger partial charge is 0.254 e.